The first-order valence-electron chi connectivity index (χ1n) is 11.7. The van der Waals surface area contributed by atoms with E-state index in [1.165, 1.54) is 13.2 Å². The molecule has 2 aliphatic rings. The van der Waals surface area contributed by atoms with E-state index in [4.69, 9.17) is 16.3 Å². The quantitative estimate of drug-likeness (QED) is 0.422. The number of carbonyl (C=O) groups is 3. The summed E-state index contributed by atoms with van der Waals surface area (Å²) >= 11 is 6.30. The lowest BCUT2D eigenvalue weighted by Crippen LogP contribution is -2.57. The van der Waals surface area contributed by atoms with Crippen LogP contribution in [-0.4, -0.2) is 40.6 Å². The molecule has 2 fully saturated rings. The second-order valence-electron chi connectivity index (χ2n) is 9.41. The van der Waals surface area contributed by atoms with Crippen LogP contribution in [0.15, 0.2) is 66.7 Å². The molecule has 37 heavy (non-hydrogen) atoms. The number of halogens is 1. The number of methoxy groups -OCH3 is 1. The van der Waals surface area contributed by atoms with E-state index in [2.05, 4.69) is 5.32 Å². The Morgan fingerprint density at radius 3 is 2.46 bits per heavy atom. The number of carbonyl (C=O) groups excluding carboxylic acids is 2. The summed E-state index contributed by atoms with van der Waals surface area (Å²) < 4.78 is 5.24. The van der Waals surface area contributed by atoms with Crippen LogP contribution in [0.5, 0.6) is 11.5 Å². The van der Waals surface area contributed by atoms with Crippen LogP contribution in [0.2, 0.25) is 5.02 Å². The molecule has 2 aliphatic heterocycles. The summed E-state index contributed by atoms with van der Waals surface area (Å²) in [4.78, 5) is 41.9. The van der Waals surface area contributed by atoms with Gasteiger partial charge in [0.1, 0.15) is 5.54 Å². The number of nitrogens with zero attached hydrogens (tertiary/aromatic N) is 1. The van der Waals surface area contributed by atoms with E-state index in [0.29, 0.717) is 10.6 Å². The number of carboxylic acids is 1. The first kappa shape index (κ1) is 24.8. The van der Waals surface area contributed by atoms with E-state index < -0.39 is 41.2 Å². The lowest BCUT2D eigenvalue weighted by molar-refractivity contribution is -0.148. The van der Waals surface area contributed by atoms with E-state index in [1.54, 1.807) is 61.5 Å². The van der Waals surface area contributed by atoms with E-state index in [9.17, 15) is 24.6 Å². The number of anilines is 1. The van der Waals surface area contributed by atoms with Crippen molar-refractivity contribution in [2.24, 2.45) is 11.8 Å². The molecule has 2 heterocycles. The number of benzene rings is 3. The van der Waals surface area contributed by atoms with Gasteiger partial charge < -0.3 is 14.9 Å². The van der Waals surface area contributed by atoms with Gasteiger partial charge in [-0.1, -0.05) is 60.1 Å². The molecule has 0 saturated carbocycles. The van der Waals surface area contributed by atoms with Gasteiger partial charge in [-0.15, -0.1) is 0 Å². The van der Waals surface area contributed by atoms with Crippen molar-refractivity contribution in [2.45, 2.75) is 24.9 Å². The number of aliphatic carboxylic acids is 1. The van der Waals surface area contributed by atoms with E-state index in [0.717, 1.165) is 10.5 Å². The number of phenolic OH excluding ortho intramolecular Hbond substituents is 1. The number of nitrogens with one attached hydrogen (secondary N) is 1. The molecule has 0 aliphatic carbocycles. The van der Waals surface area contributed by atoms with Gasteiger partial charge in [-0.25, -0.2) is 4.90 Å². The zero-order valence-corrected chi connectivity index (χ0v) is 20.9. The van der Waals surface area contributed by atoms with Crippen LogP contribution in [0.1, 0.15) is 22.7 Å². The second kappa shape index (κ2) is 9.21. The minimum Gasteiger partial charge on any atom is -0.504 e. The predicted octanol–water partition coefficient (Wildman–Crippen LogP) is 3.88. The van der Waals surface area contributed by atoms with Gasteiger partial charge in [0.2, 0.25) is 11.8 Å². The Kier molecular flexibility index (Phi) is 6.17. The lowest BCUT2D eigenvalue weighted by atomic mass is 9.76. The summed E-state index contributed by atoms with van der Waals surface area (Å²) in [6.07, 6.45) is -0.0485. The third-order valence-corrected chi connectivity index (χ3v) is 7.77. The maximum absolute atomic E-state index is 14.0. The van der Waals surface area contributed by atoms with Gasteiger partial charge in [0.15, 0.2) is 11.5 Å². The Morgan fingerprint density at radius 1 is 1.08 bits per heavy atom. The Morgan fingerprint density at radius 2 is 1.81 bits per heavy atom. The summed E-state index contributed by atoms with van der Waals surface area (Å²) in [6.45, 7) is 1.80. The summed E-state index contributed by atoms with van der Waals surface area (Å²) in [5, 5.41) is 25.0. The van der Waals surface area contributed by atoms with Crippen molar-refractivity contribution in [3.63, 3.8) is 0 Å². The number of para-hydroxylation sites is 1. The van der Waals surface area contributed by atoms with Crippen LogP contribution in [-0.2, 0) is 20.8 Å². The SMILES string of the molecule is COc1cccc(C2NC(Cc3ccccc3)(C(=O)O)C3C(=O)N(c4ccc(C)c(Cl)c4)C(=O)C23)c1O. The normalized spacial score (nSPS) is 24.8. The predicted molar refractivity (Wildman–Crippen MR) is 137 cm³/mol. The van der Waals surface area contributed by atoms with Crippen molar-refractivity contribution in [2.75, 3.05) is 12.0 Å². The maximum Gasteiger partial charge on any atom is 0.325 e. The van der Waals surface area contributed by atoms with Crippen LogP contribution >= 0.6 is 11.6 Å². The number of imide groups is 1. The Hall–Kier alpha value is -3.88. The molecule has 4 atom stereocenters. The Labute approximate surface area is 218 Å². The molecule has 3 aromatic carbocycles. The van der Waals surface area contributed by atoms with Crippen molar-refractivity contribution < 1.29 is 29.3 Å². The van der Waals surface area contributed by atoms with Gasteiger partial charge in [0.05, 0.1) is 24.6 Å². The standard InChI is InChI=1S/C28H25ClN2O6/c1-15-11-12-17(13-19(15)29)31-25(33)21-22(26(31)34)28(27(35)36,14-16-7-4-3-5-8-16)30-23(21)18-9-6-10-20(37-2)24(18)32/h3-13,21-23,30,32H,14H2,1-2H3,(H,35,36). The lowest BCUT2D eigenvalue weighted by Gasteiger charge is -2.31. The number of carboxylic acid groups (broad SMARTS) is 1. The number of phenols is 1. The van der Waals surface area contributed by atoms with Gasteiger partial charge in [0.25, 0.3) is 0 Å². The molecular weight excluding hydrogens is 496 g/mol. The van der Waals surface area contributed by atoms with Crippen molar-refractivity contribution in [1.82, 2.24) is 5.32 Å². The highest BCUT2D eigenvalue weighted by Crippen LogP contribution is 2.53. The van der Waals surface area contributed by atoms with Gasteiger partial charge in [-0.3, -0.25) is 19.7 Å². The molecule has 190 valence electrons. The zero-order valence-electron chi connectivity index (χ0n) is 20.1. The van der Waals surface area contributed by atoms with Crippen LogP contribution in [0.4, 0.5) is 5.69 Å². The third kappa shape index (κ3) is 3.84. The number of hydrogen-bond donors (Lipinski definition) is 3. The molecule has 2 saturated heterocycles. The first-order chi connectivity index (χ1) is 17.7. The van der Waals surface area contributed by atoms with Crippen molar-refractivity contribution >= 4 is 35.1 Å². The second-order valence-corrected chi connectivity index (χ2v) is 9.82. The highest BCUT2D eigenvalue weighted by Gasteiger charge is 2.69. The summed E-state index contributed by atoms with van der Waals surface area (Å²) in [5.41, 5.74) is 0.184. The van der Waals surface area contributed by atoms with E-state index in [-0.39, 0.29) is 29.2 Å². The zero-order chi connectivity index (χ0) is 26.5. The minimum atomic E-state index is -1.82. The first-order valence-corrected chi connectivity index (χ1v) is 12.1. The fourth-order valence-electron chi connectivity index (χ4n) is 5.55. The highest BCUT2D eigenvalue weighted by atomic mass is 35.5. The molecule has 9 heteroatoms. The molecule has 3 N–H and O–H groups in total. The molecule has 0 radical (unpaired) electrons. The molecule has 0 aromatic heterocycles. The minimum absolute atomic E-state index is 0.0485. The van der Waals surface area contributed by atoms with Crippen LogP contribution < -0.4 is 15.0 Å². The molecule has 5 rings (SSSR count). The van der Waals surface area contributed by atoms with Gasteiger partial charge in [-0.05, 0) is 36.2 Å². The van der Waals surface area contributed by atoms with Gasteiger partial charge >= 0.3 is 5.97 Å². The van der Waals surface area contributed by atoms with Crippen LogP contribution in [0, 0.1) is 18.8 Å². The molecule has 3 aromatic rings. The summed E-state index contributed by atoms with van der Waals surface area (Å²) in [7, 11) is 1.40. The van der Waals surface area contributed by atoms with Crippen molar-refractivity contribution in [1.29, 1.82) is 0 Å². The molecule has 4 unspecified atom stereocenters. The highest BCUT2D eigenvalue weighted by molar-refractivity contribution is 6.32. The van der Waals surface area contributed by atoms with Gasteiger partial charge in [0, 0.05) is 23.0 Å². The molecule has 2 amide bonds. The fourth-order valence-corrected chi connectivity index (χ4v) is 5.73. The molecule has 0 spiro atoms. The summed E-state index contributed by atoms with van der Waals surface area (Å²) in [6, 6.07) is 17.6. The number of aromatic hydroxyl groups is 1. The largest absolute Gasteiger partial charge is 0.504 e. The smallest absolute Gasteiger partial charge is 0.325 e. The monoisotopic (exact) mass is 520 g/mol. The Balaban J connectivity index is 1.69. The van der Waals surface area contributed by atoms with E-state index in [1.807, 2.05) is 6.07 Å². The number of aryl methyl sites for hydroxylation is 1. The van der Waals surface area contributed by atoms with Crippen LogP contribution in [0.25, 0.3) is 0 Å². The number of hydrogen-bond acceptors (Lipinski definition) is 6. The topological polar surface area (TPSA) is 116 Å². The average Bonchev–Trinajstić information content (AvgIpc) is 3.35. The molecular formula is C28H25ClN2O6. The van der Waals surface area contributed by atoms with Gasteiger partial charge in [-0.2, -0.15) is 0 Å². The van der Waals surface area contributed by atoms with E-state index >= 15 is 0 Å². The number of fused-ring (bicyclic) bond motifs is 1. The number of rotatable bonds is 6. The third-order valence-electron chi connectivity index (χ3n) is 7.36. The molecule has 8 nitrogen and oxygen atoms in total. The average molecular weight is 521 g/mol. The number of ether oxygens (including phenoxy) is 1. The Bertz CT molecular complexity index is 1410. The maximum atomic E-state index is 14.0. The summed E-state index contributed by atoms with van der Waals surface area (Å²) in [5.74, 6) is -4.85. The fraction of sp³-hybridized carbons (Fsp3) is 0.250. The molecule has 0 bridgehead atoms. The van der Waals surface area contributed by atoms with Crippen molar-refractivity contribution in [3.05, 3.63) is 88.4 Å². The van der Waals surface area contributed by atoms with Crippen LogP contribution in [0.3, 0.4) is 0 Å². The van der Waals surface area contributed by atoms with Crippen molar-refractivity contribution in [3.8, 4) is 11.5 Å². The number of amides is 2.